The number of nitrogens with zero attached hydrogens (tertiary/aromatic N) is 1. The number of aliphatic hydroxyl groups is 3. The number of likely N-dealkylation sites (tertiary alicyclic amines) is 1. The Balaban J connectivity index is 1.68. The summed E-state index contributed by atoms with van der Waals surface area (Å²) in [4.78, 5) is 2.33. The highest BCUT2D eigenvalue weighted by Crippen LogP contribution is 2.80. The first-order valence-corrected chi connectivity index (χ1v) is 12.7. The summed E-state index contributed by atoms with van der Waals surface area (Å²) in [6.45, 7) is 3.59. The lowest BCUT2D eigenvalue weighted by Gasteiger charge is -2.70. The number of rotatable bonds is 6. The summed E-state index contributed by atoms with van der Waals surface area (Å²) < 4.78 is 24.5. The molecule has 1 saturated heterocycles. The third-order valence-electron chi connectivity index (χ3n) is 11.6. The lowest BCUT2D eigenvalue weighted by atomic mass is 9.42. The molecule has 5 saturated carbocycles. The highest BCUT2D eigenvalue weighted by molar-refractivity contribution is 5.41. The molecule has 0 aromatic heterocycles. The molecule has 0 aromatic carbocycles. The number of fused-ring (bicyclic) bond motifs is 2. The van der Waals surface area contributed by atoms with Gasteiger partial charge in [-0.3, -0.25) is 4.90 Å². The van der Waals surface area contributed by atoms with Crippen molar-refractivity contribution >= 4 is 0 Å². The summed E-state index contributed by atoms with van der Waals surface area (Å²) in [6, 6.07) is -0.312. The van der Waals surface area contributed by atoms with Crippen LogP contribution in [0.2, 0.25) is 0 Å². The number of hydrogen-bond donors (Lipinski definition) is 3. The average Bonchev–Trinajstić information content (AvgIpc) is 3.24. The molecule has 1 spiro atoms. The van der Waals surface area contributed by atoms with Gasteiger partial charge in [-0.1, -0.05) is 6.92 Å². The van der Waals surface area contributed by atoms with Crippen molar-refractivity contribution in [2.24, 2.45) is 34.5 Å². The molecule has 5 aliphatic carbocycles. The van der Waals surface area contributed by atoms with Crippen LogP contribution >= 0.6 is 0 Å². The lowest BCUT2D eigenvalue weighted by molar-refractivity contribution is -0.320. The largest absolute Gasteiger partial charge is 0.396 e. The van der Waals surface area contributed by atoms with Crippen LogP contribution in [0.5, 0.6) is 0 Å². The van der Waals surface area contributed by atoms with Crippen molar-refractivity contribution in [2.75, 3.05) is 48.1 Å². The minimum atomic E-state index is -1.52. The average molecular weight is 468 g/mol. The zero-order chi connectivity index (χ0) is 23.6. The van der Waals surface area contributed by atoms with Crippen LogP contribution in [-0.2, 0) is 18.9 Å². The first-order chi connectivity index (χ1) is 15.8. The summed E-state index contributed by atoms with van der Waals surface area (Å²) in [5.41, 5.74) is -3.78. The first kappa shape index (κ1) is 23.1. The molecule has 9 unspecified atom stereocenters. The molecule has 3 N–H and O–H groups in total. The van der Waals surface area contributed by atoms with E-state index in [4.69, 9.17) is 18.9 Å². The number of methoxy groups -OCH3 is 4. The van der Waals surface area contributed by atoms with Crippen LogP contribution in [-0.4, -0.2) is 110 Å². The molecular weight excluding hydrogens is 426 g/mol. The molecular formula is C25H41NO7. The Hall–Kier alpha value is -0.320. The molecule has 0 aromatic rings. The zero-order valence-corrected chi connectivity index (χ0v) is 20.6. The predicted octanol–water partition coefficient (Wildman–Crippen LogP) is 0.271. The fraction of sp³-hybridized carbons (Fsp3) is 1.00. The lowest BCUT2D eigenvalue weighted by Crippen LogP contribution is -2.82. The van der Waals surface area contributed by atoms with Gasteiger partial charge in [0.1, 0.15) is 11.2 Å². The number of piperidine rings is 1. The third kappa shape index (κ3) is 2.16. The Kier molecular flexibility index (Phi) is 4.99. The van der Waals surface area contributed by atoms with Gasteiger partial charge in [-0.2, -0.15) is 0 Å². The van der Waals surface area contributed by atoms with Gasteiger partial charge in [-0.05, 0) is 31.7 Å². The maximum Gasteiger partial charge on any atom is 0.136 e. The Morgan fingerprint density at radius 2 is 1.79 bits per heavy atom. The second-order valence-corrected chi connectivity index (χ2v) is 11.8. The summed E-state index contributed by atoms with van der Waals surface area (Å²) in [7, 11) is 6.85. The van der Waals surface area contributed by atoms with E-state index in [1.54, 1.807) is 28.4 Å². The minimum absolute atomic E-state index is 0.0443. The molecule has 8 nitrogen and oxygen atoms in total. The van der Waals surface area contributed by atoms with Gasteiger partial charge in [0.2, 0.25) is 0 Å². The van der Waals surface area contributed by atoms with Crippen molar-refractivity contribution in [2.45, 2.75) is 74.3 Å². The molecule has 7 bridgehead atoms. The van der Waals surface area contributed by atoms with Crippen molar-refractivity contribution in [3.63, 3.8) is 0 Å². The van der Waals surface area contributed by atoms with E-state index in [1.165, 1.54) is 0 Å². The highest BCUT2D eigenvalue weighted by atomic mass is 16.5. The zero-order valence-electron chi connectivity index (χ0n) is 20.6. The normalized spacial score (nSPS) is 60.9. The van der Waals surface area contributed by atoms with Gasteiger partial charge in [-0.15, -0.1) is 0 Å². The number of ether oxygens (including phenoxy) is 4. The fourth-order valence-electron chi connectivity index (χ4n) is 11.0. The van der Waals surface area contributed by atoms with Crippen LogP contribution in [0.25, 0.3) is 0 Å². The standard InChI is InChI=1S/C25H41NO7/c1-6-26-11-22(12-27)8-7-16(31-3)24-14-9-13-15(30-2)10-23(28,17(14)18(13)32-4)25(29,21(24)26)20(33-5)19(22)24/h13-21,27-29H,6-12H2,1-5H3/t13?,14?,15?,16?,17?,18?,19?,20?,21?,22-,23+,24-,25-/m0/s1. The maximum atomic E-state index is 13.0. The molecule has 8 heteroatoms. The molecule has 0 radical (unpaired) electrons. The van der Waals surface area contributed by atoms with Crippen LogP contribution in [0.15, 0.2) is 0 Å². The Morgan fingerprint density at radius 3 is 2.36 bits per heavy atom. The summed E-state index contributed by atoms with van der Waals surface area (Å²) in [6.07, 6.45) is 1.81. The van der Waals surface area contributed by atoms with Gasteiger partial charge in [0.25, 0.3) is 0 Å². The van der Waals surface area contributed by atoms with Crippen LogP contribution < -0.4 is 0 Å². The van der Waals surface area contributed by atoms with Crippen molar-refractivity contribution in [3.05, 3.63) is 0 Å². The quantitative estimate of drug-likeness (QED) is 0.512. The molecule has 33 heavy (non-hydrogen) atoms. The number of aliphatic hydroxyl groups excluding tert-OH is 1. The van der Waals surface area contributed by atoms with Crippen molar-refractivity contribution in [3.8, 4) is 0 Å². The van der Waals surface area contributed by atoms with E-state index in [0.717, 1.165) is 25.8 Å². The van der Waals surface area contributed by atoms with Crippen LogP contribution in [0.3, 0.4) is 0 Å². The predicted molar refractivity (Wildman–Crippen MR) is 119 cm³/mol. The smallest absolute Gasteiger partial charge is 0.136 e. The monoisotopic (exact) mass is 467 g/mol. The fourth-order valence-corrected chi connectivity index (χ4v) is 11.0. The van der Waals surface area contributed by atoms with Gasteiger partial charge in [0, 0.05) is 70.0 Å². The molecule has 6 fully saturated rings. The first-order valence-electron chi connectivity index (χ1n) is 12.7. The SMILES string of the molecule is CCN1C[C@]2(CO)CCC(OC)[C@@]34C5CC6C(OC)C[C@@](O)(C5C6OC)[C@](O)(C(OC)C23)C14. The highest BCUT2D eigenvalue weighted by Gasteiger charge is 2.91. The Bertz CT molecular complexity index is 814. The Labute approximate surface area is 196 Å². The maximum absolute atomic E-state index is 13.0. The number of hydrogen-bond acceptors (Lipinski definition) is 8. The van der Waals surface area contributed by atoms with Gasteiger partial charge in [-0.25, -0.2) is 0 Å². The van der Waals surface area contributed by atoms with E-state index in [1.807, 2.05) is 0 Å². The summed E-state index contributed by atoms with van der Waals surface area (Å²) >= 11 is 0. The molecule has 0 amide bonds. The van der Waals surface area contributed by atoms with E-state index in [-0.39, 0.29) is 54.6 Å². The molecule has 188 valence electrons. The molecule has 13 atom stereocenters. The van der Waals surface area contributed by atoms with Gasteiger partial charge < -0.3 is 34.3 Å². The van der Waals surface area contributed by atoms with E-state index >= 15 is 0 Å². The summed E-state index contributed by atoms with van der Waals surface area (Å²) in [5, 5.41) is 36.6. The van der Waals surface area contributed by atoms with E-state index in [9.17, 15) is 15.3 Å². The van der Waals surface area contributed by atoms with Crippen LogP contribution in [0.1, 0.15) is 32.6 Å². The minimum Gasteiger partial charge on any atom is -0.396 e. The van der Waals surface area contributed by atoms with E-state index in [2.05, 4.69) is 11.8 Å². The Morgan fingerprint density at radius 1 is 1.03 bits per heavy atom. The second-order valence-electron chi connectivity index (χ2n) is 11.8. The van der Waals surface area contributed by atoms with Crippen molar-refractivity contribution in [1.82, 2.24) is 4.90 Å². The third-order valence-corrected chi connectivity index (χ3v) is 11.6. The van der Waals surface area contributed by atoms with Gasteiger partial charge in [0.15, 0.2) is 0 Å². The molecule has 6 aliphatic rings. The topological polar surface area (TPSA) is 101 Å². The van der Waals surface area contributed by atoms with E-state index < -0.39 is 28.1 Å². The second kappa shape index (κ2) is 7.13. The van der Waals surface area contributed by atoms with Crippen LogP contribution in [0, 0.1) is 34.5 Å². The van der Waals surface area contributed by atoms with Gasteiger partial charge in [0.05, 0.1) is 37.1 Å². The summed E-state index contributed by atoms with van der Waals surface area (Å²) in [5.74, 6) is -0.0916. The van der Waals surface area contributed by atoms with Crippen molar-refractivity contribution < 1.29 is 34.3 Å². The molecule has 1 aliphatic heterocycles. The van der Waals surface area contributed by atoms with Gasteiger partial charge >= 0.3 is 0 Å². The number of likely N-dealkylation sites (N-methyl/N-ethyl adjacent to an activating group) is 1. The van der Waals surface area contributed by atoms with E-state index in [0.29, 0.717) is 13.0 Å². The molecule has 6 rings (SSSR count). The van der Waals surface area contributed by atoms with Crippen molar-refractivity contribution in [1.29, 1.82) is 0 Å². The van der Waals surface area contributed by atoms with Crippen LogP contribution in [0.4, 0.5) is 0 Å². The molecule has 1 heterocycles.